The fourth-order valence-electron chi connectivity index (χ4n) is 2.19. The number of hydrogen-bond acceptors (Lipinski definition) is 4. The molecule has 0 spiro atoms. The Labute approximate surface area is 142 Å². The Hall–Kier alpha value is -2.64. The number of H-pyrrole nitrogens is 1. The summed E-state index contributed by atoms with van der Waals surface area (Å²) in [5.74, 6) is -0.756. The molecule has 1 aromatic heterocycles. The van der Waals surface area contributed by atoms with E-state index in [0.29, 0.717) is 10.9 Å². The van der Waals surface area contributed by atoms with Gasteiger partial charge >= 0.3 is 0 Å². The first kappa shape index (κ1) is 16.2. The van der Waals surface area contributed by atoms with Gasteiger partial charge < -0.3 is 4.98 Å². The molecule has 24 heavy (non-hydrogen) atoms. The molecule has 2 N–H and O–H groups in total. The SMILES string of the molecule is O=C(NS(=O)(=O)c1cc2ccc(=O)[nH]c2cc1Cl)c1ccccc1. The topological polar surface area (TPSA) is 96.1 Å². The largest absolute Gasteiger partial charge is 0.322 e. The molecule has 3 aromatic rings. The monoisotopic (exact) mass is 362 g/mol. The van der Waals surface area contributed by atoms with Gasteiger partial charge in [-0.3, -0.25) is 9.59 Å². The summed E-state index contributed by atoms with van der Waals surface area (Å²) in [6.07, 6.45) is 0. The number of rotatable bonds is 3. The van der Waals surface area contributed by atoms with Gasteiger partial charge in [0.2, 0.25) is 5.56 Å². The van der Waals surface area contributed by atoms with Crippen LogP contribution in [0.3, 0.4) is 0 Å². The number of nitrogens with one attached hydrogen (secondary N) is 2. The van der Waals surface area contributed by atoms with E-state index in [1.807, 2.05) is 4.72 Å². The predicted octanol–water partition coefficient (Wildman–Crippen LogP) is 2.30. The molecule has 0 bridgehead atoms. The molecule has 0 fully saturated rings. The van der Waals surface area contributed by atoms with Gasteiger partial charge in [0, 0.05) is 17.1 Å². The van der Waals surface area contributed by atoms with Gasteiger partial charge in [0.15, 0.2) is 0 Å². The second-order valence-corrected chi connectivity index (χ2v) is 7.05. The first-order valence-corrected chi connectivity index (χ1v) is 8.68. The molecule has 1 amide bonds. The minimum absolute atomic E-state index is 0.0993. The molecule has 8 heteroatoms. The van der Waals surface area contributed by atoms with E-state index in [4.69, 9.17) is 11.6 Å². The molecule has 122 valence electrons. The summed E-state index contributed by atoms with van der Waals surface area (Å²) in [4.78, 5) is 25.7. The molecule has 0 aliphatic rings. The van der Waals surface area contributed by atoms with Gasteiger partial charge in [0.05, 0.1) is 5.02 Å². The van der Waals surface area contributed by atoms with E-state index >= 15 is 0 Å². The van der Waals surface area contributed by atoms with Crippen LogP contribution in [0.15, 0.2) is 64.3 Å². The zero-order valence-corrected chi connectivity index (χ0v) is 13.7. The second-order valence-electron chi connectivity index (χ2n) is 4.99. The quantitative estimate of drug-likeness (QED) is 0.747. The van der Waals surface area contributed by atoms with Crippen molar-refractivity contribution in [1.82, 2.24) is 9.71 Å². The fraction of sp³-hybridized carbons (Fsp3) is 0. The molecule has 0 atom stereocenters. The van der Waals surface area contributed by atoms with E-state index < -0.39 is 15.9 Å². The van der Waals surface area contributed by atoms with Crippen LogP contribution >= 0.6 is 11.6 Å². The van der Waals surface area contributed by atoms with Crippen molar-refractivity contribution in [3.05, 3.63) is 75.5 Å². The lowest BCUT2D eigenvalue weighted by atomic mass is 10.2. The maximum Gasteiger partial charge on any atom is 0.265 e. The Bertz CT molecular complexity index is 1090. The van der Waals surface area contributed by atoms with Crippen LogP contribution in [0.1, 0.15) is 10.4 Å². The summed E-state index contributed by atoms with van der Waals surface area (Å²) in [7, 11) is -4.16. The lowest BCUT2D eigenvalue weighted by molar-refractivity contribution is 0.0981. The van der Waals surface area contributed by atoms with Gasteiger partial charge in [-0.1, -0.05) is 29.8 Å². The number of halogens is 1. The summed E-state index contributed by atoms with van der Waals surface area (Å²) in [5, 5.41) is 0.379. The Morgan fingerprint density at radius 1 is 1.04 bits per heavy atom. The van der Waals surface area contributed by atoms with Crippen molar-refractivity contribution in [2.45, 2.75) is 4.90 Å². The fourth-order valence-corrected chi connectivity index (χ4v) is 3.72. The Kier molecular flexibility index (Phi) is 4.13. The number of carbonyl (C=O) groups is 1. The molecular formula is C16H11ClN2O4S. The summed E-state index contributed by atoms with van der Waals surface area (Å²) in [6, 6.07) is 13.3. The van der Waals surface area contributed by atoms with Crippen molar-refractivity contribution in [1.29, 1.82) is 0 Å². The maximum atomic E-state index is 12.5. The number of amides is 1. The van der Waals surface area contributed by atoms with Crippen LogP contribution in [0.4, 0.5) is 0 Å². The molecular weight excluding hydrogens is 352 g/mol. The highest BCUT2D eigenvalue weighted by Crippen LogP contribution is 2.26. The Balaban J connectivity index is 2.02. The van der Waals surface area contributed by atoms with Crippen LogP contribution < -0.4 is 10.3 Å². The van der Waals surface area contributed by atoms with Crippen LogP contribution in [0.5, 0.6) is 0 Å². The molecule has 0 unspecified atom stereocenters. The number of aromatic amines is 1. The van der Waals surface area contributed by atoms with Crippen molar-refractivity contribution in [2.75, 3.05) is 0 Å². The molecule has 0 aliphatic heterocycles. The van der Waals surface area contributed by atoms with Crippen LogP contribution in [0, 0.1) is 0 Å². The number of sulfonamides is 1. The van der Waals surface area contributed by atoms with Gasteiger partial charge in [-0.05, 0) is 35.7 Å². The highest BCUT2D eigenvalue weighted by atomic mass is 35.5. The summed E-state index contributed by atoms with van der Waals surface area (Å²) in [6.45, 7) is 0. The van der Waals surface area contributed by atoms with E-state index in [-0.39, 0.29) is 21.0 Å². The van der Waals surface area contributed by atoms with E-state index in [9.17, 15) is 18.0 Å². The predicted molar refractivity (Wildman–Crippen MR) is 90.7 cm³/mol. The van der Waals surface area contributed by atoms with Gasteiger partial charge in [-0.2, -0.15) is 0 Å². The first-order chi connectivity index (χ1) is 11.4. The Morgan fingerprint density at radius 2 is 1.75 bits per heavy atom. The zero-order chi connectivity index (χ0) is 17.3. The smallest absolute Gasteiger partial charge is 0.265 e. The number of aromatic nitrogens is 1. The van der Waals surface area contributed by atoms with Crippen LogP contribution in [0.25, 0.3) is 10.9 Å². The van der Waals surface area contributed by atoms with Crippen molar-refractivity contribution in [2.24, 2.45) is 0 Å². The third kappa shape index (κ3) is 3.17. The average Bonchev–Trinajstić information content (AvgIpc) is 2.54. The molecule has 0 saturated heterocycles. The number of hydrogen-bond donors (Lipinski definition) is 2. The van der Waals surface area contributed by atoms with Crippen molar-refractivity contribution < 1.29 is 13.2 Å². The number of pyridine rings is 1. The van der Waals surface area contributed by atoms with Crippen molar-refractivity contribution in [3.63, 3.8) is 0 Å². The number of benzene rings is 2. The van der Waals surface area contributed by atoms with Gasteiger partial charge in [-0.15, -0.1) is 0 Å². The molecule has 0 radical (unpaired) electrons. The van der Waals surface area contributed by atoms with E-state index in [0.717, 1.165) is 0 Å². The molecule has 6 nitrogen and oxygen atoms in total. The molecule has 0 aliphatic carbocycles. The van der Waals surface area contributed by atoms with E-state index in [1.165, 1.54) is 36.4 Å². The highest BCUT2D eigenvalue weighted by molar-refractivity contribution is 7.90. The van der Waals surface area contributed by atoms with Gasteiger partial charge in [-0.25, -0.2) is 13.1 Å². The Morgan fingerprint density at radius 3 is 2.46 bits per heavy atom. The molecule has 0 saturated carbocycles. The van der Waals surface area contributed by atoms with Crippen LogP contribution in [-0.2, 0) is 10.0 Å². The third-order valence-electron chi connectivity index (χ3n) is 3.33. The van der Waals surface area contributed by atoms with E-state index in [1.54, 1.807) is 18.2 Å². The highest BCUT2D eigenvalue weighted by Gasteiger charge is 2.22. The summed E-state index contributed by atoms with van der Waals surface area (Å²) < 4.78 is 26.9. The van der Waals surface area contributed by atoms with Crippen LogP contribution in [-0.4, -0.2) is 19.3 Å². The normalized spacial score (nSPS) is 11.4. The van der Waals surface area contributed by atoms with Crippen molar-refractivity contribution >= 4 is 38.4 Å². The third-order valence-corrected chi connectivity index (χ3v) is 5.12. The van der Waals surface area contributed by atoms with Crippen LogP contribution in [0.2, 0.25) is 5.02 Å². The lowest BCUT2D eigenvalue weighted by Gasteiger charge is -2.10. The second kappa shape index (κ2) is 6.10. The minimum Gasteiger partial charge on any atom is -0.322 e. The number of fused-ring (bicyclic) bond motifs is 1. The standard InChI is InChI=1S/C16H11ClN2O4S/c17-12-9-13-11(6-7-15(20)18-13)8-14(12)24(22,23)19-16(21)10-4-2-1-3-5-10/h1-9H,(H,18,20)(H,19,21). The molecule has 2 aromatic carbocycles. The van der Waals surface area contributed by atoms with Gasteiger partial charge in [0.1, 0.15) is 4.90 Å². The lowest BCUT2D eigenvalue weighted by Crippen LogP contribution is -2.30. The zero-order valence-electron chi connectivity index (χ0n) is 12.1. The van der Waals surface area contributed by atoms with Crippen molar-refractivity contribution in [3.8, 4) is 0 Å². The summed E-state index contributed by atoms with van der Waals surface area (Å²) in [5.41, 5.74) is 0.287. The maximum absolute atomic E-state index is 12.5. The minimum atomic E-state index is -4.16. The molecule has 1 heterocycles. The van der Waals surface area contributed by atoms with Gasteiger partial charge in [0.25, 0.3) is 15.9 Å². The average molecular weight is 363 g/mol. The molecule has 3 rings (SSSR count). The number of carbonyl (C=O) groups excluding carboxylic acids is 1. The van der Waals surface area contributed by atoms with E-state index in [2.05, 4.69) is 4.98 Å². The summed E-state index contributed by atoms with van der Waals surface area (Å²) >= 11 is 6.02. The first-order valence-electron chi connectivity index (χ1n) is 6.81.